The van der Waals surface area contributed by atoms with Crippen LogP contribution in [-0.2, 0) is 0 Å². The van der Waals surface area contributed by atoms with E-state index >= 15 is 0 Å². The van der Waals surface area contributed by atoms with Crippen LogP contribution in [0.2, 0.25) is 0 Å². The first-order valence-corrected chi connectivity index (χ1v) is 5.88. The fourth-order valence-corrected chi connectivity index (χ4v) is 3.28. The van der Waals surface area contributed by atoms with Crippen molar-refractivity contribution in [3.05, 3.63) is 12.2 Å². The minimum Gasteiger partial charge on any atom is -0.343 e. The lowest BCUT2D eigenvalue weighted by atomic mass is 9.67. The molecule has 0 unspecified atom stereocenters. The molecule has 4 heteroatoms. The van der Waals surface area contributed by atoms with Crippen LogP contribution in [0.15, 0.2) is 10.9 Å². The van der Waals surface area contributed by atoms with Crippen molar-refractivity contribution in [2.45, 2.75) is 38.0 Å². The minimum absolute atomic E-state index is 0.419. The third-order valence-electron chi connectivity index (χ3n) is 4.10. The number of hydrogen-bond acceptors (Lipinski definition) is 4. The van der Waals surface area contributed by atoms with Crippen molar-refractivity contribution in [2.24, 2.45) is 5.41 Å². The maximum Gasteiger partial charge on any atom is 0.213 e. The summed E-state index contributed by atoms with van der Waals surface area (Å²) < 4.78 is 4.87. The van der Waals surface area contributed by atoms with E-state index in [0.29, 0.717) is 11.3 Å². The van der Waals surface area contributed by atoms with Crippen LogP contribution in [-0.4, -0.2) is 23.2 Å². The van der Waals surface area contributed by atoms with Gasteiger partial charge < -0.3 is 9.84 Å². The number of aromatic nitrogens is 2. The van der Waals surface area contributed by atoms with Crippen molar-refractivity contribution < 1.29 is 4.52 Å². The molecule has 2 heterocycles. The van der Waals surface area contributed by atoms with E-state index < -0.39 is 0 Å². The van der Waals surface area contributed by atoms with Crippen molar-refractivity contribution in [2.75, 3.05) is 13.1 Å². The fraction of sp³-hybridized carbons (Fsp3) is 0.818. The van der Waals surface area contributed by atoms with Gasteiger partial charge in [0.05, 0.1) is 0 Å². The highest BCUT2D eigenvalue weighted by atomic mass is 16.5. The summed E-state index contributed by atoms with van der Waals surface area (Å²) in [4.78, 5) is 4.23. The molecule has 1 N–H and O–H groups in total. The SMILES string of the molecule is c1nc([C@H]2CNCC23CCCCC3)no1. The summed E-state index contributed by atoms with van der Waals surface area (Å²) in [6.45, 7) is 2.14. The van der Waals surface area contributed by atoms with Gasteiger partial charge in [-0.15, -0.1) is 0 Å². The van der Waals surface area contributed by atoms with Crippen LogP contribution in [0, 0.1) is 5.41 Å². The maximum absolute atomic E-state index is 4.87. The molecule has 1 spiro atoms. The van der Waals surface area contributed by atoms with Crippen LogP contribution in [0.25, 0.3) is 0 Å². The van der Waals surface area contributed by atoms with Crippen molar-refractivity contribution in [3.63, 3.8) is 0 Å². The molecule has 0 bridgehead atoms. The average molecular weight is 207 g/mol. The second-order valence-corrected chi connectivity index (χ2v) is 4.90. The Morgan fingerprint density at radius 1 is 1.33 bits per heavy atom. The molecule has 0 aromatic carbocycles. The van der Waals surface area contributed by atoms with Gasteiger partial charge in [0.2, 0.25) is 6.39 Å². The average Bonchev–Trinajstić information content (AvgIpc) is 2.88. The van der Waals surface area contributed by atoms with Gasteiger partial charge in [0.1, 0.15) is 0 Å². The van der Waals surface area contributed by atoms with Crippen molar-refractivity contribution in [1.29, 1.82) is 0 Å². The van der Waals surface area contributed by atoms with E-state index in [9.17, 15) is 0 Å². The van der Waals surface area contributed by atoms with Crippen LogP contribution in [0.1, 0.15) is 43.8 Å². The molecule has 1 aliphatic carbocycles. The zero-order valence-electron chi connectivity index (χ0n) is 8.91. The molecule has 1 aromatic heterocycles. The molecule has 0 amide bonds. The number of nitrogens with one attached hydrogen (secondary N) is 1. The van der Waals surface area contributed by atoms with Gasteiger partial charge in [-0.3, -0.25) is 0 Å². The Labute approximate surface area is 89.4 Å². The van der Waals surface area contributed by atoms with E-state index in [2.05, 4.69) is 15.5 Å². The third kappa shape index (κ3) is 1.47. The fourth-order valence-electron chi connectivity index (χ4n) is 3.28. The number of rotatable bonds is 1. The lowest BCUT2D eigenvalue weighted by Gasteiger charge is -2.36. The van der Waals surface area contributed by atoms with Crippen molar-refractivity contribution in [1.82, 2.24) is 15.5 Å². The molecule has 2 fully saturated rings. The van der Waals surface area contributed by atoms with E-state index in [1.54, 1.807) is 0 Å². The lowest BCUT2D eigenvalue weighted by Crippen LogP contribution is -2.31. The molecule has 82 valence electrons. The molecule has 4 nitrogen and oxygen atoms in total. The van der Waals surface area contributed by atoms with Gasteiger partial charge in [-0.05, 0) is 18.3 Å². The van der Waals surface area contributed by atoms with E-state index in [0.717, 1.165) is 18.9 Å². The van der Waals surface area contributed by atoms with Gasteiger partial charge in [-0.25, -0.2) is 0 Å². The van der Waals surface area contributed by atoms with Gasteiger partial charge in [-0.1, -0.05) is 24.4 Å². The smallest absolute Gasteiger partial charge is 0.213 e. The van der Waals surface area contributed by atoms with Crippen LogP contribution in [0.4, 0.5) is 0 Å². The Bertz CT molecular complexity index is 317. The number of nitrogens with zero attached hydrogens (tertiary/aromatic N) is 2. The van der Waals surface area contributed by atoms with Crippen LogP contribution >= 0.6 is 0 Å². The largest absolute Gasteiger partial charge is 0.343 e. The topological polar surface area (TPSA) is 51.0 Å². The molecular weight excluding hydrogens is 190 g/mol. The van der Waals surface area contributed by atoms with E-state index in [4.69, 9.17) is 4.52 Å². The highest BCUT2D eigenvalue weighted by molar-refractivity contribution is 5.10. The highest BCUT2D eigenvalue weighted by Crippen LogP contribution is 2.48. The van der Waals surface area contributed by atoms with E-state index in [-0.39, 0.29) is 0 Å². The molecule has 1 aromatic rings. The normalized spacial score (nSPS) is 29.7. The Morgan fingerprint density at radius 2 is 2.20 bits per heavy atom. The summed E-state index contributed by atoms with van der Waals surface area (Å²) in [5, 5.41) is 7.52. The van der Waals surface area contributed by atoms with Crippen LogP contribution in [0.5, 0.6) is 0 Å². The summed E-state index contributed by atoms with van der Waals surface area (Å²) in [5.74, 6) is 1.37. The van der Waals surface area contributed by atoms with Gasteiger partial charge in [-0.2, -0.15) is 4.98 Å². The Hall–Kier alpha value is -0.900. The molecule has 1 atom stereocenters. The highest BCUT2D eigenvalue weighted by Gasteiger charge is 2.45. The molecule has 2 aliphatic rings. The minimum atomic E-state index is 0.419. The van der Waals surface area contributed by atoms with Gasteiger partial charge in [0, 0.05) is 19.0 Å². The van der Waals surface area contributed by atoms with Crippen LogP contribution in [0.3, 0.4) is 0 Å². The first-order chi connectivity index (χ1) is 7.41. The first-order valence-electron chi connectivity index (χ1n) is 5.88. The van der Waals surface area contributed by atoms with E-state index in [1.165, 1.54) is 38.5 Å². The molecular formula is C11H17N3O. The molecule has 1 saturated carbocycles. The Kier molecular flexibility index (Phi) is 2.24. The Morgan fingerprint density at radius 3 is 2.93 bits per heavy atom. The lowest BCUT2D eigenvalue weighted by molar-refractivity contribution is 0.182. The quantitative estimate of drug-likeness (QED) is 0.761. The third-order valence-corrected chi connectivity index (χ3v) is 4.10. The second-order valence-electron chi connectivity index (χ2n) is 4.90. The predicted octanol–water partition coefficient (Wildman–Crippen LogP) is 1.71. The van der Waals surface area contributed by atoms with Crippen molar-refractivity contribution >= 4 is 0 Å². The molecule has 3 rings (SSSR count). The monoisotopic (exact) mass is 207 g/mol. The molecule has 1 aliphatic heterocycles. The van der Waals surface area contributed by atoms with Gasteiger partial charge >= 0.3 is 0 Å². The maximum atomic E-state index is 4.87. The summed E-state index contributed by atoms with van der Waals surface area (Å²) in [7, 11) is 0. The van der Waals surface area contributed by atoms with Gasteiger partial charge in [0.15, 0.2) is 5.82 Å². The zero-order valence-corrected chi connectivity index (χ0v) is 8.91. The molecule has 15 heavy (non-hydrogen) atoms. The zero-order chi connectivity index (χ0) is 10.1. The first kappa shape index (κ1) is 9.33. The standard InChI is InChI=1S/C11H17N3O/c1-2-4-11(5-3-1)7-12-6-9(11)10-13-8-15-14-10/h8-9,12H,1-7H2/t9-/m1/s1. The second kappa shape index (κ2) is 3.59. The molecule has 1 saturated heterocycles. The van der Waals surface area contributed by atoms with E-state index in [1.807, 2.05) is 0 Å². The summed E-state index contributed by atoms with van der Waals surface area (Å²) in [6.07, 6.45) is 8.19. The van der Waals surface area contributed by atoms with Gasteiger partial charge in [0.25, 0.3) is 0 Å². The molecule has 0 radical (unpaired) electrons. The summed E-state index contributed by atoms with van der Waals surface area (Å²) in [6, 6.07) is 0. The summed E-state index contributed by atoms with van der Waals surface area (Å²) >= 11 is 0. The summed E-state index contributed by atoms with van der Waals surface area (Å²) in [5.41, 5.74) is 0.419. The van der Waals surface area contributed by atoms with Crippen molar-refractivity contribution in [3.8, 4) is 0 Å². The Balaban J connectivity index is 1.87. The van der Waals surface area contributed by atoms with Crippen LogP contribution < -0.4 is 5.32 Å². The predicted molar refractivity (Wildman–Crippen MR) is 55.4 cm³/mol. The number of hydrogen-bond donors (Lipinski definition) is 1.